The van der Waals surface area contributed by atoms with E-state index in [1.165, 1.54) is 6.92 Å². The van der Waals surface area contributed by atoms with Crippen molar-refractivity contribution in [2.24, 2.45) is 0 Å². The summed E-state index contributed by atoms with van der Waals surface area (Å²) in [6, 6.07) is 0. The molecule has 0 aliphatic rings. The van der Waals surface area contributed by atoms with Gasteiger partial charge in [-0.15, -0.1) is 0 Å². The zero-order valence-electron chi connectivity index (χ0n) is 13.3. The number of rotatable bonds is 12. The second kappa shape index (κ2) is 20.6. The van der Waals surface area contributed by atoms with Crippen molar-refractivity contribution in [3.63, 3.8) is 0 Å². The first kappa shape index (κ1) is 21.6. The number of esters is 1. The molecule has 0 aliphatic carbocycles. The maximum Gasteiger partial charge on any atom is 0.302 e. The van der Waals surface area contributed by atoms with E-state index in [1.807, 2.05) is 0 Å². The van der Waals surface area contributed by atoms with E-state index in [2.05, 4.69) is 11.7 Å². The summed E-state index contributed by atoms with van der Waals surface area (Å²) < 4.78 is 24.4. The zero-order chi connectivity index (χ0) is 15.5. The van der Waals surface area contributed by atoms with Gasteiger partial charge in [-0.25, -0.2) is 0 Å². The fourth-order valence-corrected chi connectivity index (χ4v) is 0.979. The largest absolute Gasteiger partial charge is 0.463 e. The molecule has 0 aromatic heterocycles. The first-order valence-electron chi connectivity index (χ1n) is 6.95. The van der Waals surface area contributed by atoms with Gasteiger partial charge in [0.1, 0.15) is 6.61 Å². The van der Waals surface area contributed by atoms with Gasteiger partial charge < -0.3 is 23.7 Å². The molecule has 6 heteroatoms. The average molecular weight is 294 g/mol. The van der Waals surface area contributed by atoms with Gasteiger partial charge in [-0.2, -0.15) is 0 Å². The minimum absolute atomic E-state index is 0.246. The fraction of sp³-hybridized carbons (Fsp3) is 0.929. The summed E-state index contributed by atoms with van der Waals surface area (Å²) >= 11 is 0. The molecule has 122 valence electrons. The quantitative estimate of drug-likeness (QED) is 0.403. The molecule has 0 atom stereocenters. The van der Waals surface area contributed by atoms with E-state index in [0.29, 0.717) is 39.6 Å². The molecule has 0 aromatic carbocycles. The van der Waals surface area contributed by atoms with Gasteiger partial charge in [0.2, 0.25) is 0 Å². The third kappa shape index (κ3) is 26.0. The van der Waals surface area contributed by atoms with Crippen molar-refractivity contribution < 1.29 is 28.5 Å². The maximum atomic E-state index is 10.3. The Morgan fingerprint density at radius 2 is 1.30 bits per heavy atom. The van der Waals surface area contributed by atoms with Gasteiger partial charge in [-0.3, -0.25) is 4.79 Å². The Kier molecular flexibility index (Phi) is 22.3. The van der Waals surface area contributed by atoms with Crippen molar-refractivity contribution in [3.8, 4) is 0 Å². The molecule has 0 spiro atoms. The molecule has 0 heterocycles. The molecular weight excluding hydrogens is 264 g/mol. The summed E-state index contributed by atoms with van der Waals surface area (Å²) in [5.41, 5.74) is 0. The number of hydrogen-bond donors (Lipinski definition) is 0. The monoisotopic (exact) mass is 294 g/mol. The van der Waals surface area contributed by atoms with E-state index in [-0.39, 0.29) is 5.97 Å². The van der Waals surface area contributed by atoms with Crippen LogP contribution in [0.15, 0.2) is 0 Å². The highest BCUT2D eigenvalue weighted by atomic mass is 16.6. The zero-order valence-corrected chi connectivity index (χ0v) is 13.3. The number of unbranched alkanes of at least 4 members (excludes halogenated alkanes) is 1. The van der Waals surface area contributed by atoms with Crippen molar-refractivity contribution in [2.75, 3.05) is 60.5 Å². The molecule has 0 aromatic rings. The van der Waals surface area contributed by atoms with Crippen LogP contribution in [0.1, 0.15) is 26.7 Å². The van der Waals surface area contributed by atoms with Gasteiger partial charge in [0.05, 0.1) is 33.0 Å². The van der Waals surface area contributed by atoms with Gasteiger partial charge in [0.15, 0.2) is 0 Å². The topological polar surface area (TPSA) is 63.2 Å². The molecule has 0 fully saturated rings. The first-order chi connectivity index (χ1) is 9.68. The van der Waals surface area contributed by atoms with Gasteiger partial charge in [0.25, 0.3) is 0 Å². The number of carbonyl (C=O) groups excluding carboxylic acids is 1. The van der Waals surface area contributed by atoms with E-state index >= 15 is 0 Å². The van der Waals surface area contributed by atoms with Crippen molar-refractivity contribution >= 4 is 5.97 Å². The third-order valence-corrected chi connectivity index (χ3v) is 2.04. The summed E-state index contributed by atoms with van der Waals surface area (Å²) in [6.45, 7) is 7.77. The van der Waals surface area contributed by atoms with Gasteiger partial charge in [-0.1, -0.05) is 13.3 Å². The van der Waals surface area contributed by atoms with Crippen LogP contribution in [0.4, 0.5) is 0 Å². The van der Waals surface area contributed by atoms with Crippen molar-refractivity contribution in [1.82, 2.24) is 0 Å². The predicted molar refractivity (Wildman–Crippen MR) is 76.9 cm³/mol. The van der Waals surface area contributed by atoms with Crippen molar-refractivity contribution in [2.45, 2.75) is 26.7 Å². The molecule has 20 heavy (non-hydrogen) atoms. The normalized spacial score (nSPS) is 9.80. The molecule has 0 saturated heterocycles. The Balaban J connectivity index is 0. The second-order valence-corrected chi connectivity index (χ2v) is 3.90. The lowest BCUT2D eigenvalue weighted by atomic mass is 10.4. The number of hydrogen-bond acceptors (Lipinski definition) is 6. The van der Waals surface area contributed by atoms with Crippen LogP contribution in [0.5, 0.6) is 0 Å². The lowest BCUT2D eigenvalue weighted by molar-refractivity contribution is -0.142. The van der Waals surface area contributed by atoms with Crippen LogP contribution in [0.2, 0.25) is 0 Å². The Labute approximate surface area is 122 Å². The number of ether oxygens (including phenoxy) is 5. The average Bonchev–Trinajstić information content (AvgIpc) is 2.43. The Hall–Kier alpha value is -0.690. The van der Waals surface area contributed by atoms with Gasteiger partial charge in [-0.05, 0) is 6.42 Å². The summed E-state index contributed by atoms with van der Waals surface area (Å²) in [5, 5.41) is 0. The summed E-state index contributed by atoms with van der Waals surface area (Å²) in [5.74, 6) is -0.246. The van der Waals surface area contributed by atoms with Gasteiger partial charge in [0, 0.05) is 27.8 Å². The number of carbonyl (C=O) groups is 1. The van der Waals surface area contributed by atoms with E-state index in [1.54, 1.807) is 14.2 Å². The molecule has 0 radical (unpaired) electrons. The molecule has 0 rings (SSSR count). The SMILES string of the molecule is CCCCOCCOC(C)=O.COCCOCCOC. The molecule has 0 aliphatic heterocycles. The highest BCUT2D eigenvalue weighted by molar-refractivity contribution is 5.65. The molecular formula is C14H30O6. The Morgan fingerprint density at radius 3 is 1.75 bits per heavy atom. The lowest BCUT2D eigenvalue weighted by Crippen LogP contribution is -2.07. The predicted octanol–water partition coefficient (Wildman–Crippen LogP) is 1.66. The van der Waals surface area contributed by atoms with E-state index in [0.717, 1.165) is 19.4 Å². The number of methoxy groups -OCH3 is 2. The Bertz CT molecular complexity index is 181. The van der Waals surface area contributed by atoms with Crippen LogP contribution >= 0.6 is 0 Å². The van der Waals surface area contributed by atoms with Crippen LogP contribution in [0.3, 0.4) is 0 Å². The second-order valence-electron chi connectivity index (χ2n) is 3.90. The van der Waals surface area contributed by atoms with E-state index in [4.69, 9.17) is 18.9 Å². The minimum Gasteiger partial charge on any atom is -0.463 e. The summed E-state index contributed by atoms with van der Waals surface area (Å²) in [6.07, 6.45) is 2.20. The van der Waals surface area contributed by atoms with Crippen LogP contribution in [-0.4, -0.2) is 66.4 Å². The first-order valence-corrected chi connectivity index (χ1v) is 6.95. The standard InChI is InChI=1S/C8H16O3.C6H14O3/c1-3-4-5-10-6-7-11-8(2)9;1-7-3-5-9-6-4-8-2/h3-7H2,1-2H3;3-6H2,1-2H3. The molecule has 0 N–H and O–H groups in total. The molecule has 0 bridgehead atoms. The van der Waals surface area contributed by atoms with Crippen LogP contribution in [-0.2, 0) is 28.5 Å². The Morgan fingerprint density at radius 1 is 0.800 bits per heavy atom. The minimum atomic E-state index is -0.246. The van der Waals surface area contributed by atoms with Crippen LogP contribution < -0.4 is 0 Å². The van der Waals surface area contributed by atoms with Crippen LogP contribution in [0.25, 0.3) is 0 Å². The molecule has 0 amide bonds. The van der Waals surface area contributed by atoms with E-state index < -0.39 is 0 Å². The fourth-order valence-electron chi connectivity index (χ4n) is 0.979. The maximum absolute atomic E-state index is 10.3. The lowest BCUT2D eigenvalue weighted by Gasteiger charge is -2.02. The van der Waals surface area contributed by atoms with Crippen LogP contribution in [0, 0.1) is 0 Å². The smallest absolute Gasteiger partial charge is 0.302 e. The molecule has 6 nitrogen and oxygen atoms in total. The molecule has 0 saturated carbocycles. The summed E-state index contributed by atoms with van der Waals surface area (Å²) in [4.78, 5) is 10.3. The van der Waals surface area contributed by atoms with Gasteiger partial charge >= 0.3 is 5.97 Å². The third-order valence-electron chi connectivity index (χ3n) is 2.04. The van der Waals surface area contributed by atoms with Crippen molar-refractivity contribution in [3.05, 3.63) is 0 Å². The summed E-state index contributed by atoms with van der Waals surface area (Å²) in [7, 11) is 3.30. The highest BCUT2D eigenvalue weighted by Gasteiger charge is 1.91. The van der Waals surface area contributed by atoms with Crippen molar-refractivity contribution in [1.29, 1.82) is 0 Å². The van der Waals surface area contributed by atoms with E-state index in [9.17, 15) is 4.79 Å². The molecule has 0 unspecified atom stereocenters. The highest BCUT2D eigenvalue weighted by Crippen LogP contribution is 1.87.